The lowest BCUT2D eigenvalue weighted by molar-refractivity contribution is -0.315. The maximum Gasteiger partial charge on any atom is 0.163 e. The van der Waals surface area contributed by atoms with E-state index in [4.69, 9.17) is 9.47 Å². The van der Waals surface area contributed by atoms with Gasteiger partial charge in [-0.25, -0.2) is 0 Å². The second kappa shape index (κ2) is 3.31. The van der Waals surface area contributed by atoms with Crippen molar-refractivity contribution in [3.63, 3.8) is 0 Å². The summed E-state index contributed by atoms with van der Waals surface area (Å²) in [7, 11) is 0. The van der Waals surface area contributed by atoms with Crippen LogP contribution < -0.4 is 0 Å². The lowest BCUT2D eigenvalue weighted by Gasteiger charge is -2.46. The Bertz CT molecular complexity index is 235. The summed E-state index contributed by atoms with van der Waals surface area (Å²) in [4.78, 5) is 11.2. The van der Waals surface area contributed by atoms with Gasteiger partial charge in [0.2, 0.25) is 0 Å². The summed E-state index contributed by atoms with van der Waals surface area (Å²) in [6, 6.07) is 0. The average Bonchev–Trinajstić information content (AvgIpc) is 2.09. The number of hydrogen-bond acceptors (Lipinski definition) is 3. The summed E-state index contributed by atoms with van der Waals surface area (Å²) < 4.78 is 11.5. The third-order valence-corrected chi connectivity index (χ3v) is 3.19. The number of ketones is 1. The number of ether oxygens (including phenoxy) is 2. The molecule has 0 unspecified atom stereocenters. The minimum absolute atomic E-state index is 0.0737. The fourth-order valence-corrected chi connectivity index (χ4v) is 2.42. The molecule has 0 atom stereocenters. The van der Waals surface area contributed by atoms with Crippen molar-refractivity contribution in [2.24, 2.45) is 0 Å². The van der Waals surface area contributed by atoms with Gasteiger partial charge in [0.05, 0.1) is 12.2 Å². The summed E-state index contributed by atoms with van der Waals surface area (Å²) in [5.41, 5.74) is -0.0737. The third kappa shape index (κ3) is 1.98. The largest absolute Gasteiger partial charge is 0.350 e. The molecule has 0 amide bonds. The molecule has 1 saturated carbocycles. The maximum absolute atomic E-state index is 11.2. The van der Waals surface area contributed by atoms with Crippen molar-refractivity contribution >= 4 is 5.78 Å². The second-order valence-electron chi connectivity index (χ2n) is 4.82. The minimum atomic E-state index is -0.474. The van der Waals surface area contributed by atoms with Gasteiger partial charge in [-0.2, -0.15) is 0 Å². The van der Waals surface area contributed by atoms with Crippen LogP contribution in [0.5, 0.6) is 0 Å². The average molecular weight is 198 g/mol. The molecule has 0 bridgehead atoms. The number of carbonyl (C=O) groups excluding carboxylic acids is 1. The molecule has 1 aliphatic heterocycles. The molecule has 3 heteroatoms. The van der Waals surface area contributed by atoms with E-state index in [1.54, 1.807) is 0 Å². The topological polar surface area (TPSA) is 35.5 Å². The van der Waals surface area contributed by atoms with E-state index in [-0.39, 0.29) is 5.60 Å². The van der Waals surface area contributed by atoms with Crippen LogP contribution in [0.25, 0.3) is 0 Å². The first-order chi connectivity index (χ1) is 6.52. The fourth-order valence-electron chi connectivity index (χ4n) is 2.42. The van der Waals surface area contributed by atoms with Crippen LogP contribution in [0.1, 0.15) is 46.0 Å². The van der Waals surface area contributed by atoms with Crippen molar-refractivity contribution in [2.45, 2.75) is 57.3 Å². The van der Waals surface area contributed by atoms with E-state index in [0.29, 0.717) is 18.6 Å². The van der Waals surface area contributed by atoms with Gasteiger partial charge in [-0.1, -0.05) is 0 Å². The van der Waals surface area contributed by atoms with Gasteiger partial charge in [0.1, 0.15) is 5.78 Å². The first-order valence-electron chi connectivity index (χ1n) is 5.37. The molecule has 2 fully saturated rings. The smallest absolute Gasteiger partial charge is 0.163 e. The van der Waals surface area contributed by atoms with Gasteiger partial charge in [-0.05, 0) is 26.7 Å². The Morgan fingerprint density at radius 2 is 1.79 bits per heavy atom. The summed E-state index contributed by atoms with van der Waals surface area (Å²) in [6.45, 7) is 4.65. The Balaban J connectivity index is 2.05. The Labute approximate surface area is 84.8 Å². The van der Waals surface area contributed by atoms with Gasteiger partial charge in [0, 0.05) is 19.3 Å². The Morgan fingerprint density at radius 1 is 1.14 bits per heavy atom. The van der Waals surface area contributed by atoms with E-state index in [0.717, 1.165) is 25.9 Å². The zero-order valence-electron chi connectivity index (χ0n) is 8.97. The number of Topliss-reactive ketones (excluding diaryl/α,β-unsaturated/α-hetero) is 1. The van der Waals surface area contributed by atoms with Crippen LogP contribution in [0.4, 0.5) is 0 Å². The van der Waals surface area contributed by atoms with Crippen molar-refractivity contribution in [1.82, 2.24) is 0 Å². The van der Waals surface area contributed by atoms with E-state index in [1.165, 1.54) is 0 Å². The van der Waals surface area contributed by atoms with E-state index in [9.17, 15) is 4.79 Å². The normalized spacial score (nSPS) is 30.6. The number of rotatable bonds is 0. The van der Waals surface area contributed by atoms with Gasteiger partial charge in [0.25, 0.3) is 0 Å². The van der Waals surface area contributed by atoms with Crippen molar-refractivity contribution in [3.8, 4) is 0 Å². The maximum atomic E-state index is 11.2. The summed E-state index contributed by atoms with van der Waals surface area (Å²) >= 11 is 0. The molecule has 2 aliphatic rings. The molecule has 0 aromatic carbocycles. The molecule has 1 spiro atoms. The second-order valence-corrected chi connectivity index (χ2v) is 4.82. The molecule has 80 valence electrons. The fraction of sp³-hybridized carbons (Fsp3) is 0.909. The van der Waals surface area contributed by atoms with Crippen molar-refractivity contribution in [3.05, 3.63) is 0 Å². The molecule has 0 radical (unpaired) electrons. The monoisotopic (exact) mass is 198 g/mol. The van der Waals surface area contributed by atoms with Gasteiger partial charge >= 0.3 is 0 Å². The van der Waals surface area contributed by atoms with Crippen LogP contribution in [0, 0.1) is 0 Å². The predicted molar refractivity (Wildman–Crippen MR) is 51.9 cm³/mol. The predicted octanol–water partition coefficient (Wildman–Crippen LogP) is 2.04. The van der Waals surface area contributed by atoms with Crippen molar-refractivity contribution in [2.75, 3.05) is 6.61 Å². The standard InChI is InChI=1S/C11H18O3/c1-10(2)13-8-7-11(14-10)5-3-9(12)4-6-11/h3-8H2,1-2H3. The highest BCUT2D eigenvalue weighted by Gasteiger charge is 2.43. The highest BCUT2D eigenvalue weighted by atomic mass is 16.7. The Morgan fingerprint density at radius 3 is 2.36 bits per heavy atom. The van der Waals surface area contributed by atoms with Gasteiger partial charge in [-0.3, -0.25) is 4.79 Å². The molecular formula is C11H18O3. The van der Waals surface area contributed by atoms with Gasteiger partial charge in [-0.15, -0.1) is 0 Å². The quantitative estimate of drug-likeness (QED) is 0.597. The summed E-state index contributed by atoms with van der Waals surface area (Å²) in [6.07, 6.45) is 4.03. The molecule has 0 aromatic heterocycles. The molecule has 1 heterocycles. The van der Waals surface area contributed by atoms with Crippen molar-refractivity contribution in [1.29, 1.82) is 0 Å². The molecular weight excluding hydrogens is 180 g/mol. The Kier molecular flexibility index (Phi) is 2.40. The minimum Gasteiger partial charge on any atom is -0.350 e. The number of carbonyl (C=O) groups is 1. The third-order valence-electron chi connectivity index (χ3n) is 3.19. The molecule has 14 heavy (non-hydrogen) atoms. The van der Waals surface area contributed by atoms with Gasteiger partial charge < -0.3 is 9.47 Å². The van der Waals surface area contributed by atoms with E-state index in [1.807, 2.05) is 13.8 Å². The summed E-state index contributed by atoms with van der Waals surface area (Å²) in [5.74, 6) is -0.0953. The van der Waals surface area contributed by atoms with Crippen LogP contribution in [0.2, 0.25) is 0 Å². The molecule has 1 aliphatic carbocycles. The molecule has 0 N–H and O–H groups in total. The number of hydrogen-bond donors (Lipinski definition) is 0. The van der Waals surface area contributed by atoms with E-state index >= 15 is 0 Å². The van der Waals surface area contributed by atoms with Crippen LogP contribution in [0.15, 0.2) is 0 Å². The zero-order chi connectivity index (χ0) is 10.2. The van der Waals surface area contributed by atoms with Crippen LogP contribution in [-0.4, -0.2) is 23.8 Å². The van der Waals surface area contributed by atoms with Crippen LogP contribution >= 0.6 is 0 Å². The highest BCUT2D eigenvalue weighted by Crippen LogP contribution is 2.40. The Hall–Kier alpha value is -0.410. The SMILES string of the molecule is CC1(C)OCCC2(CCC(=O)CC2)O1. The van der Waals surface area contributed by atoms with Gasteiger partial charge in [0.15, 0.2) is 5.79 Å². The summed E-state index contributed by atoms with van der Waals surface area (Å²) in [5, 5.41) is 0. The first-order valence-corrected chi connectivity index (χ1v) is 5.37. The van der Waals surface area contributed by atoms with E-state index < -0.39 is 5.79 Å². The van der Waals surface area contributed by atoms with Crippen LogP contribution in [-0.2, 0) is 14.3 Å². The first kappa shape index (κ1) is 10.1. The molecule has 2 rings (SSSR count). The van der Waals surface area contributed by atoms with E-state index in [2.05, 4.69) is 0 Å². The van der Waals surface area contributed by atoms with Crippen LogP contribution in [0.3, 0.4) is 0 Å². The zero-order valence-corrected chi connectivity index (χ0v) is 8.97. The molecule has 3 nitrogen and oxygen atoms in total. The molecule has 0 aromatic rings. The lowest BCUT2D eigenvalue weighted by Crippen LogP contribution is -2.50. The highest BCUT2D eigenvalue weighted by molar-refractivity contribution is 5.79. The van der Waals surface area contributed by atoms with Crippen molar-refractivity contribution < 1.29 is 14.3 Å². The lowest BCUT2D eigenvalue weighted by atomic mass is 9.81. The molecule has 1 saturated heterocycles.